The average molecular weight is 564 g/mol. The summed E-state index contributed by atoms with van der Waals surface area (Å²) in [6.07, 6.45) is -0.124. The summed E-state index contributed by atoms with van der Waals surface area (Å²) in [6, 6.07) is 14.4. The summed E-state index contributed by atoms with van der Waals surface area (Å²) in [6.45, 7) is 6.13. The number of nitriles is 1. The Hall–Kier alpha value is -3.98. The molecule has 1 amide bonds. The molecule has 1 unspecified atom stereocenters. The number of amides is 1. The summed E-state index contributed by atoms with van der Waals surface area (Å²) in [4.78, 5) is 29.2. The van der Waals surface area contributed by atoms with Crippen LogP contribution in [-0.4, -0.2) is 80.9 Å². The van der Waals surface area contributed by atoms with Crippen LogP contribution in [0.15, 0.2) is 42.5 Å². The summed E-state index contributed by atoms with van der Waals surface area (Å²) in [5.74, 6) is -0.0528. The molecule has 3 aromatic rings. The highest BCUT2D eigenvalue weighted by atomic mass is 35.5. The highest BCUT2D eigenvalue weighted by molar-refractivity contribution is 6.32. The maximum atomic E-state index is 12.1. The summed E-state index contributed by atoms with van der Waals surface area (Å²) < 4.78 is 1.78. The molecule has 208 valence electrons. The molecule has 40 heavy (non-hydrogen) atoms. The van der Waals surface area contributed by atoms with Gasteiger partial charge >= 0.3 is 0 Å². The van der Waals surface area contributed by atoms with Crippen molar-refractivity contribution in [3.8, 4) is 17.3 Å². The van der Waals surface area contributed by atoms with E-state index in [4.69, 9.17) is 16.7 Å². The Labute approximate surface area is 236 Å². The zero-order chi connectivity index (χ0) is 28.4. The van der Waals surface area contributed by atoms with Gasteiger partial charge in [0.2, 0.25) is 5.91 Å². The first-order valence-corrected chi connectivity index (χ1v) is 13.6. The number of piperazine rings is 1. The normalized spacial score (nSPS) is 16.4. The number of fused-ring (bicyclic) bond motifs is 1. The van der Waals surface area contributed by atoms with E-state index in [-0.39, 0.29) is 23.2 Å². The van der Waals surface area contributed by atoms with Crippen LogP contribution in [0.2, 0.25) is 5.02 Å². The molecular weight excluding hydrogens is 534 g/mol. The van der Waals surface area contributed by atoms with Crippen molar-refractivity contribution in [1.29, 1.82) is 5.26 Å². The van der Waals surface area contributed by atoms with Gasteiger partial charge in [0.1, 0.15) is 11.1 Å². The van der Waals surface area contributed by atoms with E-state index >= 15 is 0 Å². The number of carbonyl (C=O) groups is 1. The van der Waals surface area contributed by atoms with Gasteiger partial charge in [-0.1, -0.05) is 29.8 Å². The van der Waals surface area contributed by atoms with Crippen molar-refractivity contribution in [1.82, 2.24) is 19.6 Å². The molecule has 2 aliphatic heterocycles. The van der Waals surface area contributed by atoms with Crippen LogP contribution in [0.3, 0.4) is 0 Å². The predicted octanol–water partition coefficient (Wildman–Crippen LogP) is 3.07. The molecule has 2 aromatic carbocycles. The number of aromatic nitrogens is 2. The number of carbonyl (C=O) groups excluding carboxylic acids is 1. The van der Waals surface area contributed by atoms with E-state index in [0.717, 1.165) is 43.1 Å². The summed E-state index contributed by atoms with van der Waals surface area (Å²) in [7, 11) is 0. The number of aliphatic hydroxyl groups excluding tert-OH is 1. The van der Waals surface area contributed by atoms with Gasteiger partial charge in [0.25, 0.3) is 5.69 Å². The summed E-state index contributed by atoms with van der Waals surface area (Å²) in [5.41, 5.74) is 4.22. The fraction of sp³-hybridized carbons (Fsp3) is 0.393. The lowest BCUT2D eigenvalue weighted by Crippen LogP contribution is -2.49. The van der Waals surface area contributed by atoms with Crippen molar-refractivity contribution in [2.45, 2.75) is 32.5 Å². The monoisotopic (exact) mass is 563 g/mol. The van der Waals surface area contributed by atoms with E-state index < -0.39 is 11.0 Å². The molecule has 0 spiro atoms. The van der Waals surface area contributed by atoms with E-state index in [9.17, 15) is 25.3 Å². The molecule has 0 radical (unpaired) electrons. The van der Waals surface area contributed by atoms with Crippen LogP contribution in [0.4, 0.5) is 11.4 Å². The maximum absolute atomic E-state index is 12.1. The molecular formula is C28H30ClN7O4. The van der Waals surface area contributed by atoms with Crippen molar-refractivity contribution >= 4 is 28.9 Å². The van der Waals surface area contributed by atoms with E-state index in [1.807, 2.05) is 24.3 Å². The molecule has 1 fully saturated rings. The number of rotatable bonds is 7. The van der Waals surface area contributed by atoms with Gasteiger partial charge in [0.05, 0.1) is 34.5 Å². The van der Waals surface area contributed by atoms with Crippen molar-refractivity contribution in [3.05, 3.63) is 74.4 Å². The van der Waals surface area contributed by atoms with Crippen LogP contribution < -0.4 is 4.90 Å². The fourth-order valence-electron chi connectivity index (χ4n) is 5.51. The predicted molar refractivity (Wildman–Crippen MR) is 150 cm³/mol. The second kappa shape index (κ2) is 11.6. The standard InChI is InChI=1S/C28H30ClN7O4/c1-19(37)34-9-8-26-23(18-34)28(20-6-7-24(29)27(14-20)36(39)40)31-35(26)17-22(38)16-32-10-12-33(13-11-32)25-5-3-2-4-21(25)15-30/h2-7,14,22,38H,8-13,16-18H2,1H3. The smallest absolute Gasteiger partial charge is 0.288 e. The van der Waals surface area contributed by atoms with Gasteiger partial charge in [-0.25, -0.2) is 0 Å². The van der Waals surface area contributed by atoms with Gasteiger partial charge in [-0.15, -0.1) is 0 Å². The molecule has 5 rings (SSSR count). The van der Waals surface area contributed by atoms with E-state index in [1.165, 1.54) is 19.1 Å². The van der Waals surface area contributed by atoms with Crippen molar-refractivity contribution in [2.75, 3.05) is 44.2 Å². The zero-order valence-electron chi connectivity index (χ0n) is 22.2. The van der Waals surface area contributed by atoms with Crippen LogP contribution in [-0.2, 0) is 24.3 Å². The molecule has 12 heteroatoms. The summed E-state index contributed by atoms with van der Waals surface area (Å²) in [5, 5.41) is 36.8. The molecule has 2 aliphatic rings. The molecule has 1 aromatic heterocycles. The number of benzene rings is 2. The number of nitro groups is 1. The third-order valence-electron chi connectivity index (χ3n) is 7.59. The van der Waals surface area contributed by atoms with Gasteiger partial charge in [-0.05, 0) is 18.2 Å². The lowest BCUT2D eigenvalue weighted by atomic mass is 10.0. The Balaban J connectivity index is 1.32. The molecule has 3 heterocycles. The van der Waals surface area contributed by atoms with Crippen LogP contribution in [0.5, 0.6) is 0 Å². The van der Waals surface area contributed by atoms with E-state index in [1.54, 1.807) is 15.6 Å². The number of anilines is 1. The zero-order valence-corrected chi connectivity index (χ0v) is 22.9. The number of halogens is 1. The van der Waals surface area contributed by atoms with Gasteiger partial charge in [-0.2, -0.15) is 10.4 Å². The van der Waals surface area contributed by atoms with Crippen molar-refractivity contribution in [3.63, 3.8) is 0 Å². The van der Waals surface area contributed by atoms with Crippen LogP contribution in [0.1, 0.15) is 23.7 Å². The topological polar surface area (TPSA) is 132 Å². The van der Waals surface area contributed by atoms with E-state index in [2.05, 4.69) is 15.9 Å². The lowest BCUT2D eigenvalue weighted by Gasteiger charge is -2.37. The molecule has 0 bridgehead atoms. The number of para-hydroxylation sites is 1. The van der Waals surface area contributed by atoms with Gasteiger partial charge in [-0.3, -0.25) is 24.5 Å². The van der Waals surface area contributed by atoms with Crippen LogP contribution >= 0.6 is 11.6 Å². The first-order chi connectivity index (χ1) is 19.2. The number of nitrogens with zero attached hydrogens (tertiary/aromatic N) is 7. The lowest BCUT2D eigenvalue weighted by molar-refractivity contribution is -0.384. The maximum Gasteiger partial charge on any atom is 0.288 e. The second-order valence-electron chi connectivity index (χ2n) is 10.1. The molecule has 0 saturated carbocycles. The number of nitro benzene ring substituents is 1. The van der Waals surface area contributed by atoms with E-state index in [0.29, 0.717) is 42.9 Å². The largest absolute Gasteiger partial charge is 0.390 e. The molecule has 1 N–H and O–H groups in total. The molecule has 1 atom stereocenters. The molecule has 0 aliphatic carbocycles. The first kappa shape index (κ1) is 27.6. The minimum Gasteiger partial charge on any atom is -0.390 e. The highest BCUT2D eigenvalue weighted by Crippen LogP contribution is 2.35. The summed E-state index contributed by atoms with van der Waals surface area (Å²) >= 11 is 6.04. The highest BCUT2D eigenvalue weighted by Gasteiger charge is 2.29. The van der Waals surface area contributed by atoms with Gasteiger partial charge in [0, 0.05) is 82.0 Å². The van der Waals surface area contributed by atoms with Crippen LogP contribution in [0.25, 0.3) is 11.3 Å². The minimum absolute atomic E-state index is 0.0408. The first-order valence-electron chi connectivity index (χ1n) is 13.2. The SMILES string of the molecule is CC(=O)N1CCc2c(c(-c3ccc(Cl)c([N+](=O)[O-])c3)nn2CC(O)CN2CCN(c3ccccc3C#N)CC2)C1. The molecule has 1 saturated heterocycles. The number of aliphatic hydroxyl groups is 1. The van der Waals surface area contributed by atoms with Crippen molar-refractivity contribution in [2.24, 2.45) is 0 Å². The Kier molecular flexibility index (Phi) is 8.02. The van der Waals surface area contributed by atoms with Crippen LogP contribution in [0, 0.1) is 21.4 Å². The Morgan fingerprint density at radius 3 is 2.62 bits per heavy atom. The third-order valence-corrected chi connectivity index (χ3v) is 7.91. The number of hydrogen-bond acceptors (Lipinski definition) is 8. The van der Waals surface area contributed by atoms with Crippen molar-refractivity contribution < 1.29 is 14.8 Å². The third kappa shape index (κ3) is 5.65. The average Bonchev–Trinajstić information content (AvgIpc) is 3.30. The second-order valence-corrected chi connectivity index (χ2v) is 10.5. The fourth-order valence-corrected chi connectivity index (χ4v) is 5.70. The molecule has 11 nitrogen and oxygen atoms in total. The Morgan fingerprint density at radius 1 is 1.18 bits per heavy atom. The number of hydrogen-bond donors (Lipinski definition) is 1. The quantitative estimate of drug-likeness (QED) is 0.343. The Bertz CT molecular complexity index is 1480. The van der Waals surface area contributed by atoms with Gasteiger partial charge in [0.15, 0.2) is 0 Å². The Morgan fingerprint density at radius 2 is 1.93 bits per heavy atom. The number of β-amino-alcohol motifs (C(OH)–C–C–N with tert-alkyl or cyclic N) is 1. The van der Waals surface area contributed by atoms with Gasteiger partial charge < -0.3 is 14.9 Å². The minimum atomic E-state index is -0.694.